The topological polar surface area (TPSA) is 72.8 Å². The molecule has 0 saturated heterocycles. The fraction of sp³-hybridized carbons (Fsp3) is 1.00. The number of hydrogen-bond donors (Lipinski definition) is 2. The first-order valence-electron chi connectivity index (χ1n) is 9.66. The Morgan fingerprint density at radius 3 is 1.65 bits per heavy atom. The first kappa shape index (κ1) is 22.8. The Morgan fingerprint density at radius 2 is 1.26 bits per heavy atom. The van der Waals surface area contributed by atoms with Gasteiger partial charge in [-0.3, -0.25) is 0 Å². The summed E-state index contributed by atoms with van der Waals surface area (Å²) in [6.45, 7) is 5.96. The first-order chi connectivity index (χ1) is 11.0. The third-order valence-corrected chi connectivity index (χ3v) is 4.41. The highest BCUT2D eigenvalue weighted by molar-refractivity contribution is 4.58. The molecule has 0 aliphatic heterocycles. The molecule has 2 N–H and O–H groups in total. The van der Waals surface area contributed by atoms with Gasteiger partial charge in [-0.1, -0.05) is 85.0 Å². The lowest BCUT2D eigenvalue weighted by Gasteiger charge is -2.33. The second-order valence-electron chi connectivity index (χ2n) is 6.59. The molecule has 140 valence electrons. The minimum Gasteiger partial charge on any atom is -0.562 e. The molecule has 2 atom stereocenters. The maximum absolute atomic E-state index is 11.2. The van der Waals surface area contributed by atoms with Crippen molar-refractivity contribution in [1.29, 1.82) is 0 Å². The summed E-state index contributed by atoms with van der Waals surface area (Å²) >= 11 is 0. The lowest BCUT2D eigenvalue weighted by molar-refractivity contribution is -1.24. The number of nitrogens with zero attached hydrogens (tertiary/aromatic N) is 1. The van der Waals surface area contributed by atoms with Crippen molar-refractivity contribution in [2.75, 3.05) is 0 Å². The number of unbranched alkanes of at least 4 members (excludes halogenated alkanes) is 9. The van der Waals surface area contributed by atoms with Crippen molar-refractivity contribution < 1.29 is 20.1 Å². The van der Waals surface area contributed by atoms with Crippen molar-refractivity contribution in [2.45, 2.75) is 117 Å². The van der Waals surface area contributed by atoms with Crippen LogP contribution in [0.4, 0.5) is 0 Å². The zero-order valence-corrected chi connectivity index (χ0v) is 15.5. The minimum atomic E-state index is -2.34. The van der Waals surface area contributed by atoms with E-state index in [2.05, 4.69) is 6.92 Å². The van der Waals surface area contributed by atoms with Crippen LogP contribution in [0.5, 0.6) is 0 Å². The highest BCUT2D eigenvalue weighted by Gasteiger charge is 2.28. The molecule has 0 fully saturated rings. The van der Waals surface area contributed by atoms with Crippen LogP contribution in [0, 0.1) is 5.21 Å². The van der Waals surface area contributed by atoms with E-state index in [1.54, 1.807) is 6.92 Å². The van der Waals surface area contributed by atoms with Crippen LogP contribution in [0.25, 0.3) is 0 Å². The molecule has 2 unspecified atom stereocenters. The normalized spacial score (nSPS) is 14.9. The fourth-order valence-electron chi connectivity index (χ4n) is 2.86. The molecule has 23 heavy (non-hydrogen) atoms. The molecular formula is C18H39NO4. The monoisotopic (exact) mass is 333 g/mol. The summed E-state index contributed by atoms with van der Waals surface area (Å²) in [5.41, 5.74) is 0. The smallest absolute Gasteiger partial charge is 0.254 e. The number of ether oxygens (including phenoxy) is 1. The van der Waals surface area contributed by atoms with E-state index < -0.39 is 11.2 Å². The second kappa shape index (κ2) is 14.2. The van der Waals surface area contributed by atoms with Gasteiger partial charge in [0.1, 0.15) is 0 Å². The Morgan fingerprint density at radius 1 is 0.783 bits per heavy atom. The van der Waals surface area contributed by atoms with E-state index in [4.69, 9.17) is 15.2 Å². The molecule has 0 spiro atoms. The average molecular weight is 334 g/mol. The summed E-state index contributed by atoms with van der Waals surface area (Å²) in [6, 6.07) is 0. The highest BCUT2D eigenvalue weighted by atomic mass is 17.1. The SMILES string of the molecule is CCCCCCCCCCCCC(CC)OC(CC)[N+]([O-])(O)O. The van der Waals surface area contributed by atoms with E-state index in [1.165, 1.54) is 57.8 Å². The van der Waals surface area contributed by atoms with Gasteiger partial charge in [0.05, 0.1) is 6.10 Å². The van der Waals surface area contributed by atoms with Gasteiger partial charge in [-0.15, -0.1) is 0 Å². The van der Waals surface area contributed by atoms with Crippen LogP contribution in [0.3, 0.4) is 0 Å². The molecule has 0 aliphatic rings. The van der Waals surface area contributed by atoms with Gasteiger partial charge >= 0.3 is 0 Å². The molecule has 0 saturated carbocycles. The van der Waals surface area contributed by atoms with Crippen LogP contribution < -0.4 is 0 Å². The zero-order valence-electron chi connectivity index (χ0n) is 15.5. The van der Waals surface area contributed by atoms with E-state index in [-0.39, 0.29) is 12.5 Å². The van der Waals surface area contributed by atoms with Crippen LogP contribution in [-0.2, 0) is 4.74 Å². The minimum absolute atomic E-state index is 0.0697. The first-order valence-corrected chi connectivity index (χ1v) is 9.66. The molecule has 0 radical (unpaired) electrons. The molecule has 0 aromatic heterocycles. The maximum atomic E-state index is 11.2. The van der Waals surface area contributed by atoms with E-state index in [0.717, 1.165) is 19.3 Å². The Kier molecular flexibility index (Phi) is 14.0. The van der Waals surface area contributed by atoms with Gasteiger partial charge in [0.25, 0.3) is 6.23 Å². The van der Waals surface area contributed by atoms with E-state index >= 15 is 0 Å². The Bertz CT molecular complexity index is 256. The standard InChI is InChI=1S/C18H39NO4/c1-4-7-8-9-10-11-12-13-14-15-16-17(5-2)23-18(6-3)19(20,21)22/h17-18,20-21H,4-16H2,1-3H3. The van der Waals surface area contributed by atoms with Crippen LogP contribution in [0.15, 0.2) is 0 Å². The molecule has 0 amide bonds. The second-order valence-corrected chi connectivity index (χ2v) is 6.59. The quantitative estimate of drug-likeness (QED) is 0.159. The van der Waals surface area contributed by atoms with Gasteiger partial charge in [-0.25, -0.2) is 0 Å². The Balaban J connectivity index is 3.64. The van der Waals surface area contributed by atoms with Crippen LogP contribution in [-0.4, -0.2) is 27.7 Å². The predicted molar refractivity (Wildman–Crippen MR) is 92.9 cm³/mol. The van der Waals surface area contributed by atoms with Crippen molar-refractivity contribution in [1.82, 2.24) is 0 Å². The number of quaternary nitrogens is 1. The summed E-state index contributed by atoms with van der Waals surface area (Å²) in [7, 11) is 0. The zero-order chi connectivity index (χ0) is 17.6. The molecule has 0 heterocycles. The third kappa shape index (κ3) is 12.8. The third-order valence-electron chi connectivity index (χ3n) is 4.41. The average Bonchev–Trinajstić information content (AvgIpc) is 2.50. The van der Waals surface area contributed by atoms with E-state index in [1.807, 2.05) is 6.92 Å². The molecule has 0 bridgehead atoms. The van der Waals surface area contributed by atoms with Gasteiger partial charge in [0, 0.05) is 6.42 Å². The van der Waals surface area contributed by atoms with Gasteiger partial charge in [-0.2, -0.15) is 10.4 Å². The van der Waals surface area contributed by atoms with E-state index in [9.17, 15) is 5.21 Å². The highest BCUT2D eigenvalue weighted by Crippen LogP contribution is 2.18. The molecule has 0 rings (SSSR count). The number of rotatable bonds is 16. The summed E-state index contributed by atoms with van der Waals surface area (Å²) in [4.78, 5) is -2.34. The number of hydrogen-bond acceptors (Lipinski definition) is 4. The molecule has 0 aromatic rings. The maximum Gasteiger partial charge on any atom is 0.254 e. The summed E-state index contributed by atoms with van der Waals surface area (Å²) in [6.07, 6.45) is 13.7. The molecule has 0 aromatic carbocycles. The Labute approximate surface area is 142 Å². The van der Waals surface area contributed by atoms with Crippen molar-refractivity contribution >= 4 is 0 Å². The predicted octanol–water partition coefficient (Wildman–Crippen LogP) is 5.92. The Hall–Kier alpha value is -0.200. The molecular weight excluding hydrogens is 294 g/mol. The van der Waals surface area contributed by atoms with Crippen LogP contribution in [0.2, 0.25) is 0 Å². The summed E-state index contributed by atoms with van der Waals surface area (Å²) in [5.74, 6) is 0. The summed E-state index contributed by atoms with van der Waals surface area (Å²) in [5, 5.41) is 29.3. The van der Waals surface area contributed by atoms with Crippen LogP contribution in [0.1, 0.15) is 104 Å². The van der Waals surface area contributed by atoms with E-state index in [0.29, 0.717) is 0 Å². The van der Waals surface area contributed by atoms with Gasteiger partial charge in [0.15, 0.2) is 0 Å². The molecule has 5 heteroatoms. The van der Waals surface area contributed by atoms with Crippen molar-refractivity contribution in [3.8, 4) is 0 Å². The molecule has 0 aliphatic carbocycles. The van der Waals surface area contributed by atoms with Gasteiger partial charge < -0.3 is 9.94 Å². The number of hydroxylamine groups is 3. The van der Waals surface area contributed by atoms with Crippen molar-refractivity contribution in [3.63, 3.8) is 0 Å². The van der Waals surface area contributed by atoms with Crippen LogP contribution >= 0.6 is 0 Å². The lowest BCUT2D eigenvalue weighted by Crippen LogP contribution is -2.47. The van der Waals surface area contributed by atoms with Gasteiger partial charge in [-0.05, 0) is 17.8 Å². The fourth-order valence-corrected chi connectivity index (χ4v) is 2.86. The van der Waals surface area contributed by atoms with Crippen molar-refractivity contribution in [2.24, 2.45) is 0 Å². The van der Waals surface area contributed by atoms with Crippen molar-refractivity contribution in [3.05, 3.63) is 5.21 Å². The molecule has 5 nitrogen and oxygen atoms in total. The largest absolute Gasteiger partial charge is 0.562 e. The summed E-state index contributed by atoms with van der Waals surface area (Å²) < 4.78 is 5.56. The van der Waals surface area contributed by atoms with Gasteiger partial charge in [0.2, 0.25) is 0 Å². The lowest BCUT2D eigenvalue weighted by atomic mass is 10.0.